The lowest BCUT2D eigenvalue weighted by atomic mass is 10.2. The molecule has 102 valence electrons. The smallest absolute Gasteiger partial charge is 0.414 e. The Labute approximate surface area is 112 Å². The molecule has 6 heteroatoms. The highest BCUT2D eigenvalue weighted by Gasteiger charge is 2.31. The van der Waals surface area contributed by atoms with Crippen molar-refractivity contribution in [3.63, 3.8) is 0 Å². The van der Waals surface area contributed by atoms with E-state index >= 15 is 0 Å². The van der Waals surface area contributed by atoms with Crippen LogP contribution in [0.15, 0.2) is 35.7 Å². The van der Waals surface area contributed by atoms with Gasteiger partial charge in [-0.05, 0) is 18.1 Å². The largest absolute Gasteiger partial charge is 0.445 e. The van der Waals surface area contributed by atoms with Gasteiger partial charge in [0.15, 0.2) is 9.84 Å². The standard InChI is InChI=1S/C13H15NO4S/c1-3-9-18-13(15)14-8-7-10-5-4-6-11(12(10)14)19(2,16)17/h3-6H,1,7-9H2,2H3. The van der Waals surface area contributed by atoms with Gasteiger partial charge in [0.2, 0.25) is 0 Å². The Balaban J connectivity index is 2.43. The van der Waals surface area contributed by atoms with Gasteiger partial charge in [-0.3, -0.25) is 4.90 Å². The molecule has 0 saturated carbocycles. The lowest BCUT2D eigenvalue weighted by Crippen LogP contribution is -2.30. The van der Waals surface area contributed by atoms with Crippen molar-refractivity contribution in [2.24, 2.45) is 0 Å². The van der Waals surface area contributed by atoms with Crippen LogP contribution in [0.3, 0.4) is 0 Å². The number of amides is 1. The molecule has 0 aliphatic carbocycles. The zero-order valence-electron chi connectivity index (χ0n) is 10.6. The number of anilines is 1. The highest BCUT2D eigenvalue weighted by Crippen LogP contribution is 2.34. The van der Waals surface area contributed by atoms with Crippen molar-refractivity contribution in [2.75, 3.05) is 24.3 Å². The summed E-state index contributed by atoms with van der Waals surface area (Å²) in [5.41, 5.74) is 1.29. The van der Waals surface area contributed by atoms with Crippen molar-refractivity contribution in [1.82, 2.24) is 0 Å². The first kappa shape index (κ1) is 13.6. The molecule has 1 aromatic rings. The van der Waals surface area contributed by atoms with Gasteiger partial charge in [-0.15, -0.1) is 0 Å². The number of sulfone groups is 1. The SMILES string of the molecule is C=CCOC(=O)N1CCc2cccc(S(C)(=O)=O)c21. The van der Waals surface area contributed by atoms with Crippen LogP contribution in [0.5, 0.6) is 0 Å². The minimum absolute atomic E-state index is 0.103. The molecule has 2 rings (SSSR count). The van der Waals surface area contributed by atoms with E-state index in [4.69, 9.17) is 4.74 Å². The Hall–Kier alpha value is -1.82. The summed E-state index contributed by atoms with van der Waals surface area (Å²) in [6.45, 7) is 4.00. The average Bonchev–Trinajstić information content (AvgIpc) is 2.78. The maximum absolute atomic E-state index is 11.9. The molecule has 0 spiro atoms. The molecule has 1 amide bonds. The third kappa shape index (κ3) is 2.63. The number of fused-ring (bicyclic) bond motifs is 1. The normalized spacial score (nSPS) is 14.1. The molecule has 0 unspecified atom stereocenters. The molecule has 0 N–H and O–H groups in total. The molecule has 0 aromatic heterocycles. The Kier molecular flexibility index (Phi) is 3.61. The second-order valence-corrected chi connectivity index (χ2v) is 6.29. The average molecular weight is 281 g/mol. The Bertz CT molecular complexity index is 622. The van der Waals surface area contributed by atoms with Gasteiger partial charge in [0.25, 0.3) is 0 Å². The maximum atomic E-state index is 11.9. The number of rotatable bonds is 3. The summed E-state index contributed by atoms with van der Waals surface area (Å²) in [5, 5.41) is 0. The van der Waals surface area contributed by atoms with Crippen LogP contribution < -0.4 is 4.90 Å². The zero-order valence-corrected chi connectivity index (χ0v) is 11.4. The summed E-state index contributed by atoms with van der Waals surface area (Å²) in [4.78, 5) is 13.4. The van der Waals surface area contributed by atoms with Crippen molar-refractivity contribution in [1.29, 1.82) is 0 Å². The molecule has 0 radical (unpaired) electrons. The van der Waals surface area contributed by atoms with Crippen LogP contribution in [0.25, 0.3) is 0 Å². The van der Waals surface area contributed by atoms with E-state index in [1.165, 1.54) is 17.0 Å². The number of hydrogen-bond acceptors (Lipinski definition) is 4. The number of para-hydroxylation sites is 1. The summed E-state index contributed by atoms with van der Waals surface area (Å²) in [7, 11) is -3.38. The van der Waals surface area contributed by atoms with Crippen LogP contribution >= 0.6 is 0 Å². The molecule has 1 heterocycles. The Morgan fingerprint density at radius 2 is 2.26 bits per heavy atom. The number of hydrogen-bond donors (Lipinski definition) is 0. The fourth-order valence-corrected chi connectivity index (χ4v) is 3.03. The van der Waals surface area contributed by atoms with Gasteiger partial charge >= 0.3 is 6.09 Å². The number of carbonyl (C=O) groups is 1. The van der Waals surface area contributed by atoms with Gasteiger partial charge in [-0.2, -0.15) is 0 Å². The third-order valence-corrected chi connectivity index (χ3v) is 4.03. The van der Waals surface area contributed by atoms with Crippen LogP contribution in [-0.2, 0) is 21.0 Å². The molecule has 5 nitrogen and oxygen atoms in total. The first-order chi connectivity index (χ1) is 8.95. The summed E-state index contributed by atoms with van der Waals surface area (Å²) < 4.78 is 28.5. The number of carbonyl (C=O) groups excluding carboxylic acids is 1. The predicted octanol–water partition coefficient (Wildman–Crippen LogP) is 1.78. The summed E-state index contributed by atoms with van der Waals surface area (Å²) in [6.07, 6.45) is 2.68. The molecular weight excluding hydrogens is 266 g/mol. The fraction of sp³-hybridized carbons (Fsp3) is 0.308. The minimum Gasteiger partial charge on any atom is -0.445 e. The molecule has 1 aromatic carbocycles. The van der Waals surface area contributed by atoms with E-state index in [-0.39, 0.29) is 11.5 Å². The lowest BCUT2D eigenvalue weighted by Gasteiger charge is -2.18. The number of benzene rings is 1. The topological polar surface area (TPSA) is 63.7 Å². The van der Waals surface area contributed by atoms with Gasteiger partial charge in [0.1, 0.15) is 6.61 Å². The molecule has 0 fully saturated rings. The van der Waals surface area contributed by atoms with Gasteiger partial charge in [-0.1, -0.05) is 24.8 Å². The van der Waals surface area contributed by atoms with Crippen LogP contribution in [0.4, 0.5) is 10.5 Å². The van der Waals surface area contributed by atoms with E-state index in [0.29, 0.717) is 18.7 Å². The third-order valence-electron chi connectivity index (χ3n) is 2.90. The molecular formula is C13H15NO4S. The highest BCUT2D eigenvalue weighted by molar-refractivity contribution is 7.90. The van der Waals surface area contributed by atoms with E-state index in [1.807, 2.05) is 6.07 Å². The van der Waals surface area contributed by atoms with Gasteiger partial charge in [0, 0.05) is 12.8 Å². The van der Waals surface area contributed by atoms with Crippen LogP contribution in [-0.4, -0.2) is 33.9 Å². The monoisotopic (exact) mass is 281 g/mol. The number of nitrogens with zero attached hydrogens (tertiary/aromatic N) is 1. The Morgan fingerprint density at radius 1 is 1.53 bits per heavy atom. The van der Waals surface area contributed by atoms with Crippen molar-refractivity contribution in [2.45, 2.75) is 11.3 Å². The van der Waals surface area contributed by atoms with Crippen LogP contribution in [0.2, 0.25) is 0 Å². The summed E-state index contributed by atoms with van der Waals surface area (Å²) >= 11 is 0. The van der Waals surface area contributed by atoms with Crippen LogP contribution in [0.1, 0.15) is 5.56 Å². The quantitative estimate of drug-likeness (QED) is 0.792. The molecule has 1 aliphatic heterocycles. The predicted molar refractivity (Wildman–Crippen MR) is 72.1 cm³/mol. The summed E-state index contributed by atoms with van der Waals surface area (Å²) in [6, 6.07) is 5.02. The first-order valence-corrected chi connectivity index (χ1v) is 7.71. The lowest BCUT2D eigenvalue weighted by molar-refractivity contribution is 0.166. The number of ether oxygens (including phenoxy) is 1. The van der Waals surface area contributed by atoms with Gasteiger partial charge in [0.05, 0.1) is 10.6 Å². The Morgan fingerprint density at radius 3 is 2.89 bits per heavy atom. The van der Waals surface area contributed by atoms with E-state index < -0.39 is 15.9 Å². The molecule has 19 heavy (non-hydrogen) atoms. The van der Waals surface area contributed by atoms with Gasteiger partial charge in [-0.25, -0.2) is 13.2 Å². The van der Waals surface area contributed by atoms with E-state index in [9.17, 15) is 13.2 Å². The summed E-state index contributed by atoms with van der Waals surface area (Å²) in [5.74, 6) is 0. The molecule has 0 bridgehead atoms. The van der Waals surface area contributed by atoms with Crippen LogP contribution in [0, 0.1) is 0 Å². The minimum atomic E-state index is -3.38. The van der Waals surface area contributed by atoms with E-state index in [2.05, 4.69) is 6.58 Å². The first-order valence-electron chi connectivity index (χ1n) is 5.82. The van der Waals surface area contributed by atoms with Crippen molar-refractivity contribution in [3.05, 3.63) is 36.4 Å². The fourth-order valence-electron chi connectivity index (χ4n) is 2.11. The molecule has 0 atom stereocenters. The second kappa shape index (κ2) is 5.05. The van der Waals surface area contributed by atoms with Crippen molar-refractivity contribution < 1.29 is 17.9 Å². The van der Waals surface area contributed by atoms with Crippen molar-refractivity contribution >= 4 is 21.6 Å². The second-order valence-electron chi connectivity index (χ2n) is 4.30. The zero-order chi connectivity index (χ0) is 14.0. The highest BCUT2D eigenvalue weighted by atomic mass is 32.2. The van der Waals surface area contributed by atoms with Crippen molar-refractivity contribution in [3.8, 4) is 0 Å². The van der Waals surface area contributed by atoms with Gasteiger partial charge < -0.3 is 4.74 Å². The molecule has 1 aliphatic rings. The molecule has 0 saturated heterocycles. The van der Waals surface area contributed by atoms with E-state index in [1.54, 1.807) is 6.07 Å². The maximum Gasteiger partial charge on any atom is 0.414 e. The van der Waals surface area contributed by atoms with E-state index in [0.717, 1.165) is 11.8 Å².